The Morgan fingerprint density at radius 2 is 2.33 bits per heavy atom. The molecule has 1 aliphatic heterocycles. The first kappa shape index (κ1) is 12.0. The topological polar surface area (TPSA) is 83.6 Å². The zero-order valence-electron chi connectivity index (χ0n) is 9.14. The van der Waals surface area contributed by atoms with Crippen LogP contribution in [0.1, 0.15) is 26.7 Å². The molecule has 0 aromatic heterocycles. The van der Waals surface area contributed by atoms with Crippen LogP contribution in [-0.4, -0.2) is 40.5 Å². The predicted octanol–water partition coefficient (Wildman–Crippen LogP) is 0.0453. The molecule has 0 aromatic carbocycles. The molecular weight excluding hydrogens is 196 g/mol. The van der Waals surface area contributed by atoms with Gasteiger partial charge in [0.05, 0.1) is 0 Å². The van der Waals surface area contributed by atoms with Crippen molar-refractivity contribution in [1.82, 2.24) is 4.90 Å². The molecule has 3 N–H and O–H groups in total. The van der Waals surface area contributed by atoms with Crippen molar-refractivity contribution in [3.63, 3.8) is 0 Å². The summed E-state index contributed by atoms with van der Waals surface area (Å²) in [7, 11) is 0. The molecule has 0 bridgehead atoms. The third-order valence-electron chi connectivity index (χ3n) is 2.96. The van der Waals surface area contributed by atoms with E-state index in [1.807, 2.05) is 13.8 Å². The molecule has 15 heavy (non-hydrogen) atoms. The largest absolute Gasteiger partial charge is 0.480 e. The van der Waals surface area contributed by atoms with Crippen molar-refractivity contribution < 1.29 is 14.7 Å². The highest BCUT2D eigenvalue weighted by atomic mass is 16.4. The second-order valence-electron chi connectivity index (χ2n) is 4.18. The van der Waals surface area contributed by atoms with Crippen LogP contribution in [0.3, 0.4) is 0 Å². The summed E-state index contributed by atoms with van der Waals surface area (Å²) in [6.07, 6.45) is 0.996. The quantitative estimate of drug-likeness (QED) is 0.692. The number of rotatable bonds is 4. The van der Waals surface area contributed by atoms with Gasteiger partial charge in [0.1, 0.15) is 6.04 Å². The van der Waals surface area contributed by atoms with Crippen molar-refractivity contribution in [2.24, 2.45) is 11.7 Å². The summed E-state index contributed by atoms with van der Waals surface area (Å²) >= 11 is 0. The molecule has 0 aliphatic carbocycles. The molecule has 0 spiro atoms. The van der Waals surface area contributed by atoms with Crippen molar-refractivity contribution in [1.29, 1.82) is 0 Å². The number of aliphatic carboxylic acids is 1. The van der Waals surface area contributed by atoms with Crippen LogP contribution in [0, 0.1) is 5.92 Å². The molecule has 5 nitrogen and oxygen atoms in total. The summed E-state index contributed by atoms with van der Waals surface area (Å²) in [5, 5.41) is 9.10. The van der Waals surface area contributed by atoms with Gasteiger partial charge in [-0.2, -0.15) is 0 Å². The first-order chi connectivity index (χ1) is 6.97. The van der Waals surface area contributed by atoms with Gasteiger partial charge in [0.15, 0.2) is 0 Å². The Bertz CT molecular complexity index is 267. The number of carboxylic acid groups (broad SMARTS) is 1. The molecule has 1 unspecified atom stereocenters. The summed E-state index contributed by atoms with van der Waals surface area (Å²) in [6.45, 7) is 4.12. The number of nitrogens with zero attached hydrogens (tertiary/aromatic N) is 1. The molecule has 1 saturated heterocycles. The molecule has 0 saturated carbocycles. The van der Waals surface area contributed by atoms with Crippen LogP contribution in [0.5, 0.6) is 0 Å². The zero-order chi connectivity index (χ0) is 11.6. The van der Waals surface area contributed by atoms with Crippen molar-refractivity contribution in [3.05, 3.63) is 0 Å². The molecule has 1 aliphatic rings. The average molecular weight is 214 g/mol. The smallest absolute Gasteiger partial charge is 0.326 e. The maximum Gasteiger partial charge on any atom is 0.326 e. The molecule has 1 rings (SSSR count). The lowest BCUT2D eigenvalue weighted by Crippen LogP contribution is -2.46. The molecule has 86 valence electrons. The van der Waals surface area contributed by atoms with E-state index in [4.69, 9.17) is 10.8 Å². The van der Waals surface area contributed by atoms with E-state index < -0.39 is 12.0 Å². The summed E-state index contributed by atoms with van der Waals surface area (Å²) < 4.78 is 0. The van der Waals surface area contributed by atoms with Gasteiger partial charge in [0.2, 0.25) is 5.91 Å². The van der Waals surface area contributed by atoms with Crippen molar-refractivity contribution in [2.45, 2.75) is 38.8 Å². The highest BCUT2D eigenvalue weighted by molar-refractivity contribution is 5.85. The van der Waals surface area contributed by atoms with Crippen LogP contribution in [0.2, 0.25) is 0 Å². The van der Waals surface area contributed by atoms with Gasteiger partial charge in [-0.1, -0.05) is 20.3 Å². The molecule has 5 heteroatoms. The Balaban J connectivity index is 2.81. The fourth-order valence-corrected chi connectivity index (χ4v) is 1.94. The van der Waals surface area contributed by atoms with E-state index in [-0.39, 0.29) is 24.3 Å². The van der Waals surface area contributed by atoms with E-state index in [9.17, 15) is 9.59 Å². The molecule has 1 amide bonds. The number of nitrogens with two attached hydrogens (primary N) is 1. The van der Waals surface area contributed by atoms with Crippen molar-refractivity contribution in [3.8, 4) is 0 Å². The summed E-state index contributed by atoms with van der Waals surface area (Å²) in [6, 6.07) is -0.945. The first-order valence-electron chi connectivity index (χ1n) is 5.25. The van der Waals surface area contributed by atoms with Crippen LogP contribution in [0.25, 0.3) is 0 Å². The van der Waals surface area contributed by atoms with Gasteiger partial charge in [0, 0.05) is 19.0 Å². The molecule has 1 heterocycles. The van der Waals surface area contributed by atoms with Gasteiger partial charge in [0.25, 0.3) is 0 Å². The van der Waals surface area contributed by atoms with E-state index in [2.05, 4.69) is 0 Å². The monoisotopic (exact) mass is 214 g/mol. The van der Waals surface area contributed by atoms with Gasteiger partial charge in [-0.25, -0.2) is 4.79 Å². The summed E-state index contributed by atoms with van der Waals surface area (Å²) in [5.41, 5.74) is 5.64. The number of amides is 1. The lowest BCUT2D eigenvalue weighted by molar-refractivity contribution is -0.150. The lowest BCUT2D eigenvalue weighted by atomic mass is 9.98. The van der Waals surface area contributed by atoms with Crippen LogP contribution in [-0.2, 0) is 9.59 Å². The van der Waals surface area contributed by atoms with E-state index in [1.165, 1.54) is 4.90 Å². The Labute approximate surface area is 89.2 Å². The van der Waals surface area contributed by atoms with Gasteiger partial charge in [-0.05, 0) is 5.92 Å². The minimum atomic E-state index is -0.938. The van der Waals surface area contributed by atoms with E-state index in [0.717, 1.165) is 6.42 Å². The Hall–Kier alpha value is -1.10. The molecule has 0 aromatic rings. The van der Waals surface area contributed by atoms with Crippen LogP contribution < -0.4 is 5.73 Å². The third kappa shape index (κ3) is 2.47. The normalized spacial score (nSPS) is 25.4. The predicted molar refractivity (Wildman–Crippen MR) is 55.2 cm³/mol. The van der Waals surface area contributed by atoms with Gasteiger partial charge in [-0.15, -0.1) is 0 Å². The number of carboxylic acids is 1. The Morgan fingerprint density at radius 1 is 1.73 bits per heavy atom. The highest BCUT2D eigenvalue weighted by Crippen LogP contribution is 2.20. The van der Waals surface area contributed by atoms with Crippen molar-refractivity contribution in [2.75, 3.05) is 6.54 Å². The first-order valence-corrected chi connectivity index (χ1v) is 5.25. The highest BCUT2D eigenvalue weighted by Gasteiger charge is 2.38. The number of likely N-dealkylation sites (tertiary alicyclic amines) is 1. The van der Waals surface area contributed by atoms with E-state index in [1.54, 1.807) is 0 Å². The minimum absolute atomic E-state index is 0.0447. The van der Waals surface area contributed by atoms with E-state index >= 15 is 0 Å². The van der Waals surface area contributed by atoms with Gasteiger partial charge < -0.3 is 15.7 Å². The molecule has 0 radical (unpaired) electrons. The van der Waals surface area contributed by atoms with Gasteiger partial charge in [-0.3, -0.25) is 4.79 Å². The number of carbonyl (C=O) groups is 2. The minimum Gasteiger partial charge on any atom is -0.480 e. The third-order valence-corrected chi connectivity index (χ3v) is 2.96. The maximum atomic E-state index is 11.5. The van der Waals surface area contributed by atoms with E-state index in [0.29, 0.717) is 6.54 Å². The standard InChI is InChI=1S/C10H18N2O3/c1-3-6(2)9(10(14)15)12-5-7(11)4-8(12)13/h6-7,9H,3-5,11H2,1-2H3,(H,14,15)/t6-,7?,9+/m0/s1. The van der Waals surface area contributed by atoms with Crippen LogP contribution in [0.4, 0.5) is 0 Å². The summed E-state index contributed by atoms with van der Waals surface area (Å²) in [4.78, 5) is 24.0. The second-order valence-corrected chi connectivity index (χ2v) is 4.18. The van der Waals surface area contributed by atoms with Gasteiger partial charge >= 0.3 is 5.97 Å². The maximum absolute atomic E-state index is 11.5. The lowest BCUT2D eigenvalue weighted by Gasteiger charge is -2.28. The summed E-state index contributed by atoms with van der Waals surface area (Å²) in [5.74, 6) is -1.13. The van der Waals surface area contributed by atoms with Crippen LogP contribution in [0.15, 0.2) is 0 Å². The average Bonchev–Trinajstić information content (AvgIpc) is 2.45. The molecule has 1 fully saturated rings. The fraction of sp³-hybridized carbons (Fsp3) is 0.800. The zero-order valence-corrected chi connectivity index (χ0v) is 9.14. The SMILES string of the molecule is CC[C@H](C)[C@H](C(=O)O)N1CC(N)CC1=O. The number of carbonyl (C=O) groups excluding carboxylic acids is 1. The number of hydrogen-bond donors (Lipinski definition) is 2. The molecule has 3 atom stereocenters. The fourth-order valence-electron chi connectivity index (χ4n) is 1.94. The molecular formula is C10H18N2O3. The van der Waals surface area contributed by atoms with Crippen molar-refractivity contribution >= 4 is 11.9 Å². The Morgan fingerprint density at radius 3 is 2.67 bits per heavy atom. The Kier molecular flexibility index (Phi) is 3.68. The number of hydrogen-bond acceptors (Lipinski definition) is 3. The van der Waals surface area contributed by atoms with Crippen LogP contribution >= 0.6 is 0 Å². The second kappa shape index (κ2) is 4.61.